The van der Waals surface area contributed by atoms with Crippen molar-refractivity contribution < 1.29 is 27.4 Å². The Hall–Kier alpha value is -4.81. The molecule has 4 heterocycles. The van der Waals surface area contributed by atoms with Crippen LogP contribution in [0.4, 0.5) is 20.3 Å². The maximum absolute atomic E-state index is 15.1. The molecule has 3 aromatic heterocycles. The molecule has 1 aliphatic heterocycles. The fourth-order valence-corrected chi connectivity index (χ4v) is 4.18. The summed E-state index contributed by atoms with van der Waals surface area (Å²) in [7, 11) is 0. The number of aryl methyl sites for hydroxylation is 1. The summed E-state index contributed by atoms with van der Waals surface area (Å²) in [6.07, 6.45) is 2.87. The van der Waals surface area contributed by atoms with Gasteiger partial charge in [0.15, 0.2) is 11.6 Å². The number of nitrogens with zero attached hydrogens (tertiary/aromatic N) is 5. The van der Waals surface area contributed by atoms with E-state index < -0.39 is 17.5 Å². The summed E-state index contributed by atoms with van der Waals surface area (Å²) < 4.78 is 40.1. The van der Waals surface area contributed by atoms with Gasteiger partial charge in [-0.1, -0.05) is 10.3 Å². The van der Waals surface area contributed by atoms with Gasteiger partial charge in [0.25, 0.3) is 5.91 Å². The minimum atomic E-state index is -0.742. The highest BCUT2D eigenvalue weighted by Crippen LogP contribution is 2.30. The van der Waals surface area contributed by atoms with E-state index in [2.05, 4.69) is 25.9 Å². The van der Waals surface area contributed by atoms with Gasteiger partial charge in [-0.15, -0.1) is 0 Å². The molecule has 1 aromatic carbocycles. The summed E-state index contributed by atoms with van der Waals surface area (Å²) in [6.45, 7) is 2.87. The minimum absolute atomic E-state index is 0.164. The fraction of sp³-hybridized carbons (Fsp3) is 0.269. The van der Waals surface area contributed by atoms with Gasteiger partial charge in [0.1, 0.15) is 29.3 Å². The summed E-state index contributed by atoms with van der Waals surface area (Å²) in [5, 5.41) is 13.2. The van der Waals surface area contributed by atoms with Gasteiger partial charge in [0.05, 0.1) is 18.7 Å². The molecule has 2 N–H and O–H groups in total. The van der Waals surface area contributed by atoms with Crippen LogP contribution in [0.3, 0.4) is 0 Å². The zero-order valence-electron chi connectivity index (χ0n) is 21.0. The molecule has 1 fully saturated rings. The smallest absolute Gasteiger partial charge is 0.253 e. The fourth-order valence-electron chi connectivity index (χ4n) is 4.18. The van der Waals surface area contributed by atoms with Gasteiger partial charge in [-0.05, 0) is 31.2 Å². The molecule has 0 unspecified atom stereocenters. The standard InChI is InChI=1S/C26H25F2N7O4/c1-16-2-3-17(13-29-16)26(37)31-15-24(36)34-5-7-35(8-6-34)25-20(27)10-18(11-21(25)28)22-12-19(39-32-22)14-30-23-4-9-38-33-23/h2-4,9-13H,5-8,14-15H2,1H3,(H,30,33)(H,31,37). The Morgan fingerprint density at radius 3 is 2.46 bits per heavy atom. The van der Waals surface area contributed by atoms with E-state index in [1.54, 1.807) is 34.1 Å². The van der Waals surface area contributed by atoms with Gasteiger partial charge < -0.3 is 29.5 Å². The van der Waals surface area contributed by atoms with Crippen LogP contribution in [0.25, 0.3) is 11.3 Å². The van der Waals surface area contributed by atoms with Crippen molar-refractivity contribution in [3.63, 3.8) is 0 Å². The van der Waals surface area contributed by atoms with Crippen LogP contribution in [0.5, 0.6) is 0 Å². The number of nitrogens with one attached hydrogen (secondary N) is 2. The van der Waals surface area contributed by atoms with E-state index >= 15 is 8.78 Å². The SMILES string of the molecule is Cc1ccc(C(=O)NCC(=O)N2CCN(c3c(F)cc(-c4cc(CNc5ccon5)on4)cc3F)CC2)cn1. The molecule has 0 aliphatic carbocycles. The Morgan fingerprint density at radius 1 is 1.03 bits per heavy atom. The molecular formula is C26H25F2N7O4. The molecule has 0 saturated carbocycles. The number of anilines is 2. The van der Waals surface area contributed by atoms with Crippen LogP contribution in [-0.4, -0.2) is 64.7 Å². The first-order valence-electron chi connectivity index (χ1n) is 12.2. The molecule has 0 radical (unpaired) electrons. The molecule has 4 aromatic rings. The van der Waals surface area contributed by atoms with Crippen LogP contribution >= 0.6 is 0 Å². The summed E-state index contributed by atoms with van der Waals surface area (Å²) >= 11 is 0. The Kier molecular flexibility index (Phi) is 7.48. The molecule has 0 bridgehead atoms. The number of piperazine rings is 1. The molecule has 1 saturated heterocycles. The lowest BCUT2D eigenvalue weighted by atomic mass is 10.1. The van der Waals surface area contributed by atoms with E-state index in [0.717, 1.165) is 5.69 Å². The first kappa shape index (κ1) is 25.8. The number of aromatic nitrogens is 3. The Bertz CT molecular complexity index is 1430. The topological polar surface area (TPSA) is 130 Å². The van der Waals surface area contributed by atoms with Gasteiger partial charge in [-0.3, -0.25) is 14.6 Å². The third kappa shape index (κ3) is 6.03. The third-order valence-corrected chi connectivity index (χ3v) is 6.28. The number of hydrogen-bond donors (Lipinski definition) is 2. The summed E-state index contributed by atoms with van der Waals surface area (Å²) in [4.78, 5) is 32.0. The number of carbonyl (C=O) groups is 2. The Morgan fingerprint density at radius 2 is 1.79 bits per heavy atom. The highest BCUT2D eigenvalue weighted by atomic mass is 19.1. The zero-order valence-corrected chi connectivity index (χ0v) is 21.0. The number of amides is 2. The lowest BCUT2D eigenvalue weighted by Gasteiger charge is -2.36. The molecule has 11 nitrogen and oxygen atoms in total. The van der Waals surface area contributed by atoms with E-state index in [4.69, 9.17) is 9.05 Å². The summed E-state index contributed by atoms with van der Waals surface area (Å²) in [5.74, 6) is -1.20. The Labute approximate surface area is 221 Å². The number of hydrogen-bond acceptors (Lipinski definition) is 9. The molecule has 13 heteroatoms. The largest absolute Gasteiger partial charge is 0.363 e. The molecule has 0 atom stereocenters. The second-order valence-electron chi connectivity index (χ2n) is 8.94. The lowest BCUT2D eigenvalue weighted by Crippen LogP contribution is -2.51. The van der Waals surface area contributed by atoms with Gasteiger partial charge in [-0.25, -0.2) is 8.78 Å². The molecule has 2 amide bonds. The first-order chi connectivity index (χ1) is 18.9. The van der Waals surface area contributed by atoms with Crippen LogP contribution in [0.15, 0.2) is 57.9 Å². The van der Waals surface area contributed by atoms with Crippen molar-refractivity contribution in [1.82, 2.24) is 25.5 Å². The average molecular weight is 538 g/mol. The lowest BCUT2D eigenvalue weighted by molar-refractivity contribution is -0.130. The third-order valence-electron chi connectivity index (χ3n) is 6.28. The van der Waals surface area contributed by atoms with E-state index in [1.807, 2.05) is 6.92 Å². The van der Waals surface area contributed by atoms with Gasteiger partial charge in [0, 0.05) is 55.8 Å². The molecule has 1 aliphatic rings. The number of carbonyl (C=O) groups excluding carboxylic acids is 2. The van der Waals surface area contributed by atoms with Crippen molar-refractivity contribution in [2.45, 2.75) is 13.5 Å². The van der Waals surface area contributed by atoms with Gasteiger partial charge >= 0.3 is 0 Å². The molecule has 5 rings (SSSR count). The van der Waals surface area contributed by atoms with Crippen molar-refractivity contribution in [3.8, 4) is 11.3 Å². The highest BCUT2D eigenvalue weighted by molar-refractivity contribution is 5.96. The second kappa shape index (κ2) is 11.3. The van der Waals surface area contributed by atoms with Crippen LogP contribution < -0.4 is 15.5 Å². The van der Waals surface area contributed by atoms with E-state index in [-0.39, 0.29) is 62.1 Å². The predicted octanol–water partition coefficient (Wildman–Crippen LogP) is 3.00. The number of pyridine rings is 1. The van der Waals surface area contributed by atoms with Crippen molar-refractivity contribution in [2.24, 2.45) is 0 Å². The van der Waals surface area contributed by atoms with Crippen molar-refractivity contribution in [3.05, 3.63) is 77.5 Å². The maximum Gasteiger partial charge on any atom is 0.253 e. The monoisotopic (exact) mass is 537 g/mol. The summed E-state index contributed by atoms with van der Waals surface area (Å²) in [5.41, 5.74) is 1.50. The number of rotatable bonds is 8. The van der Waals surface area contributed by atoms with Crippen LogP contribution in [0.1, 0.15) is 21.8 Å². The highest BCUT2D eigenvalue weighted by Gasteiger charge is 2.26. The van der Waals surface area contributed by atoms with E-state index in [1.165, 1.54) is 24.6 Å². The van der Waals surface area contributed by atoms with E-state index in [0.29, 0.717) is 17.1 Å². The van der Waals surface area contributed by atoms with Gasteiger partial charge in [-0.2, -0.15) is 0 Å². The van der Waals surface area contributed by atoms with Crippen molar-refractivity contribution >= 4 is 23.3 Å². The second-order valence-corrected chi connectivity index (χ2v) is 8.94. The number of halogens is 2. The number of benzene rings is 1. The summed E-state index contributed by atoms with van der Waals surface area (Å²) in [6, 6.07) is 8.98. The van der Waals surface area contributed by atoms with Crippen LogP contribution in [0, 0.1) is 18.6 Å². The van der Waals surface area contributed by atoms with Crippen LogP contribution in [0.2, 0.25) is 0 Å². The Balaban J connectivity index is 1.16. The first-order valence-corrected chi connectivity index (χ1v) is 12.2. The zero-order chi connectivity index (χ0) is 27.4. The minimum Gasteiger partial charge on any atom is -0.363 e. The van der Waals surface area contributed by atoms with Crippen LogP contribution in [-0.2, 0) is 11.3 Å². The molecule has 202 valence electrons. The molecular weight excluding hydrogens is 512 g/mol. The average Bonchev–Trinajstić information content (AvgIpc) is 3.63. The molecule has 0 spiro atoms. The normalized spacial score (nSPS) is 13.4. The van der Waals surface area contributed by atoms with Gasteiger partial charge in [0.2, 0.25) is 5.91 Å². The molecule has 39 heavy (non-hydrogen) atoms. The quantitative estimate of drug-likeness (QED) is 0.348. The van der Waals surface area contributed by atoms with E-state index in [9.17, 15) is 9.59 Å². The maximum atomic E-state index is 15.1. The van der Waals surface area contributed by atoms with Crippen molar-refractivity contribution in [1.29, 1.82) is 0 Å². The van der Waals surface area contributed by atoms with Crippen molar-refractivity contribution in [2.75, 3.05) is 42.9 Å². The predicted molar refractivity (Wildman–Crippen MR) is 136 cm³/mol.